The van der Waals surface area contributed by atoms with Gasteiger partial charge in [0.05, 0.1) is 40.1 Å². The number of ether oxygens (including phenoxy) is 4. The molecule has 2 aromatic carbocycles. The highest BCUT2D eigenvalue weighted by atomic mass is 16.5. The van der Waals surface area contributed by atoms with Crippen LogP contribution in [0.2, 0.25) is 0 Å². The molecule has 1 aliphatic rings. The fourth-order valence-electron chi connectivity index (χ4n) is 4.18. The van der Waals surface area contributed by atoms with E-state index < -0.39 is 17.7 Å². The Morgan fingerprint density at radius 3 is 2.03 bits per heavy atom. The molecule has 9 heteroatoms. The summed E-state index contributed by atoms with van der Waals surface area (Å²) in [6, 6.07) is 9.18. The Balaban J connectivity index is 2.20. The maximum absolute atomic E-state index is 13.2. The molecule has 0 spiro atoms. The summed E-state index contributed by atoms with van der Waals surface area (Å²) in [7, 11) is 9.90. The van der Waals surface area contributed by atoms with Crippen LogP contribution >= 0.6 is 0 Å². The minimum absolute atomic E-state index is 0.000655. The van der Waals surface area contributed by atoms with Crippen LogP contribution in [0.3, 0.4) is 0 Å². The molecule has 1 amide bonds. The maximum atomic E-state index is 13.2. The lowest BCUT2D eigenvalue weighted by molar-refractivity contribution is -0.139. The predicted octanol–water partition coefficient (Wildman–Crippen LogP) is 3.09. The van der Waals surface area contributed by atoms with Crippen LogP contribution in [0.15, 0.2) is 42.0 Å². The van der Waals surface area contributed by atoms with Gasteiger partial charge in [-0.2, -0.15) is 0 Å². The van der Waals surface area contributed by atoms with Gasteiger partial charge in [-0.1, -0.05) is 0 Å². The van der Waals surface area contributed by atoms with Crippen molar-refractivity contribution in [3.05, 3.63) is 53.1 Å². The Morgan fingerprint density at radius 2 is 1.54 bits per heavy atom. The summed E-state index contributed by atoms with van der Waals surface area (Å²) in [5.41, 5.74) is 0.951. The molecule has 0 aromatic heterocycles. The number of carbonyl (C=O) groups excluding carboxylic acids is 2. The summed E-state index contributed by atoms with van der Waals surface area (Å²) in [5.74, 6) is 0.0695. The maximum Gasteiger partial charge on any atom is 0.295 e. The highest BCUT2D eigenvalue weighted by Crippen LogP contribution is 2.45. The van der Waals surface area contributed by atoms with Crippen molar-refractivity contribution in [1.82, 2.24) is 9.80 Å². The molecule has 1 saturated heterocycles. The van der Waals surface area contributed by atoms with Crippen molar-refractivity contribution in [1.29, 1.82) is 0 Å². The van der Waals surface area contributed by atoms with Gasteiger partial charge in [-0.25, -0.2) is 0 Å². The second kappa shape index (κ2) is 11.1. The monoisotopic (exact) mass is 484 g/mol. The van der Waals surface area contributed by atoms with E-state index in [4.69, 9.17) is 18.9 Å². The second-order valence-electron chi connectivity index (χ2n) is 8.34. The van der Waals surface area contributed by atoms with E-state index in [1.807, 2.05) is 19.0 Å². The van der Waals surface area contributed by atoms with Gasteiger partial charge in [0.2, 0.25) is 5.75 Å². The van der Waals surface area contributed by atoms with Gasteiger partial charge < -0.3 is 33.9 Å². The zero-order valence-corrected chi connectivity index (χ0v) is 21.0. The largest absolute Gasteiger partial charge is 0.507 e. The van der Waals surface area contributed by atoms with Crippen molar-refractivity contribution in [3.8, 4) is 23.0 Å². The van der Waals surface area contributed by atoms with Crippen molar-refractivity contribution < 1.29 is 33.6 Å². The molecule has 188 valence electrons. The summed E-state index contributed by atoms with van der Waals surface area (Å²) in [6.45, 7) is 1.05. The zero-order chi connectivity index (χ0) is 25.7. The van der Waals surface area contributed by atoms with Crippen LogP contribution in [0, 0.1) is 0 Å². The Bertz CT molecular complexity index is 1080. The number of rotatable bonds is 10. The van der Waals surface area contributed by atoms with Gasteiger partial charge in [-0.3, -0.25) is 9.59 Å². The van der Waals surface area contributed by atoms with Gasteiger partial charge in [0.1, 0.15) is 11.5 Å². The van der Waals surface area contributed by atoms with Gasteiger partial charge in [-0.15, -0.1) is 0 Å². The van der Waals surface area contributed by atoms with E-state index >= 15 is 0 Å². The Kier molecular flexibility index (Phi) is 8.24. The first-order chi connectivity index (χ1) is 16.8. The van der Waals surface area contributed by atoms with Crippen molar-refractivity contribution in [2.24, 2.45) is 0 Å². The standard InChI is InChI=1S/C26H32N2O7/c1-27(2)12-7-13-28-22(17-14-19(33-4)25(35-6)20(15-17)34-5)21(24(30)26(28)31)23(29)16-8-10-18(32-3)11-9-16/h8-11,14-15,22,29H,7,12-13H2,1-6H3/b23-21+/t22-/m1/s1. The van der Waals surface area contributed by atoms with Crippen LogP contribution < -0.4 is 18.9 Å². The van der Waals surface area contributed by atoms with Crippen LogP contribution in [0.5, 0.6) is 23.0 Å². The minimum atomic E-state index is -0.840. The van der Waals surface area contributed by atoms with Crippen LogP contribution in [0.25, 0.3) is 5.76 Å². The molecule has 3 rings (SSSR count). The minimum Gasteiger partial charge on any atom is -0.507 e. The number of aliphatic hydroxyl groups excluding tert-OH is 1. The molecule has 0 unspecified atom stereocenters. The van der Waals surface area contributed by atoms with E-state index in [1.54, 1.807) is 43.5 Å². The number of ketones is 1. The molecule has 1 fully saturated rings. The lowest BCUT2D eigenvalue weighted by atomic mass is 9.94. The molecule has 0 radical (unpaired) electrons. The summed E-state index contributed by atoms with van der Waals surface area (Å²) in [5, 5.41) is 11.2. The first-order valence-corrected chi connectivity index (χ1v) is 11.1. The summed E-state index contributed by atoms with van der Waals surface area (Å²) in [6.07, 6.45) is 0.642. The quantitative estimate of drug-likeness (QED) is 0.312. The highest BCUT2D eigenvalue weighted by Gasteiger charge is 2.46. The third-order valence-corrected chi connectivity index (χ3v) is 5.91. The number of benzene rings is 2. The molecule has 35 heavy (non-hydrogen) atoms. The Labute approximate surface area is 205 Å². The number of methoxy groups -OCH3 is 4. The summed E-state index contributed by atoms with van der Waals surface area (Å²) < 4.78 is 21.6. The third-order valence-electron chi connectivity index (χ3n) is 5.91. The Morgan fingerprint density at radius 1 is 0.943 bits per heavy atom. The molecule has 0 saturated carbocycles. The summed E-state index contributed by atoms with van der Waals surface area (Å²) >= 11 is 0. The third kappa shape index (κ3) is 5.19. The first-order valence-electron chi connectivity index (χ1n) is 11.1. The van der Waals surface area contributed by atoms with Gasteiger partial charge >= 0.3 is 0 Å². The lowest BCUT2D eigenvalue weighted by Gasteiger charge is -2.27. The van der Waals surface area contributed by atoms with Gasteiger partial charge in [0.25, 0.3) is 11.7 Å². The number of amides is 1. The molecule has 9 nitrogen and oxygen atoms in total. The number of Topliss-reactive ketones (excluding diaryl/α,β-unsaturated/α-hetero) is 1. The fraction of sp³-hybridized carbons (Fsp3) is 0.385. The smallest absolute Gasteiger partial charge is 0.295 e. The van der Waals surface area contributed by atoms with E-state index in [0.29, 0.717) is 47.1 Å². The summed E-state index contributed by atoms with van der Waals surface area (Å²) in [4.78, 5) is 29.9. The number of hydrogen-bond acceptors (Lipinski definition) is 8. The molecular formula is C26H32N2O7. The Hall–Kier alpha value is -3.72. The number of hydrogen-bond donors (Lipinski definition) is 1. The fourth-order valence-corrected chi connectivity index (χ4v) is 4.18. The number of likely N-dealkylation sites (tertiary alicyclic amines) is 1. The lowest BCUT2D eigenvalue weighted by Crippen LogP contribution is -2.32. The van der Waals surface area contributed by atoms with Crippen molar-refractivity contribution in [2.45, 2.75) is 12.5 Å². The van der Waals surface area contributed by atoms with Crippen molar-refractivity contribution >= 4 is 17.4 Å². The van der Waals surface area contributed by atoms with E-state index in [2.05, 4.69) is 0 Å². The zero-order valence-electron chi connectivity index (χ0n) is 21.0. The normalized spacial score (nSPS) is 17.1. The topological polar surface area (TPSA) is 97.8 Å². The van der Waals surface area contributed by atoms with Crippen molar-refractivity contribution in [3.63, 3.8) is 0 Å². The van der Waals surface area contributed by atoms with E-state index in [-0.39, 0.29) is 11.3 Å². The predicted molar refractivity (Wildman–Crippen MR) is 131 cm³/mol. The molecule has 2 aromatic rings. The average Bonchev–Trinajstić information content (AvgIpc) is 3.12. The van der Waals surface area contributed by atoms with E-state index in [0.717, 1.165) is 6.54 Å². The molecule has 1 atom stereocenters. The van der Waals surface area contributed by atoms with Crippen LogP contribution in [0.1, 0.15) is 23.6 Å². The van der Waals surface area contributed by atoms with Crippen LogP contribution in [0.4, 0.5) is 0 Å². The van der Waals surface area contributed by atoms with Gasteiger partial charge in [0, 0.05) is 12.1 Å². The SMILES string of the molecule is COc1ccc(/C(O)=C2\C(=O)C(=O)N(CCCN(C)C)[C@@H]2c2cc(OC)c(OC)c(OC)c2)cc1. The first kappa shape index (κ1) is 25.9. The molecule has 1 heterocycles. The van der Waals surface area contributed by atoms with Crippen LogP contribution in [-0.4, -0.2) is 82.2 Å². The van der Waals surface area contributed by atoms with E-state index in [1.165, 1.54) is 26.2 Å². The van der Waals surface area contributed by atoms with Gasteiger partial charge in [0.15, 0.2) is 11.5 Å². The molecule has 0 bridgehead atoms. The molecule has 1 N–H and O–H groups in total. The van der Waals surface area contributed by atoms with Gasteiger partial charge in [-0.05, 0) is 69.0 Å². The average molecular weight is 485 g/mol. The highest BCUT2D eigenvalue weighted by molar-refractivity contribution is 6.46. The van der Waals surface area contributed by atoms with Crippen LogP contribution in [-0.2, 0) is 9.59 Å². The van der Waals surface area contributed by atoms with E-state index in [9.17, 15) is 14.7 Å². The number of aliphatic hydroxyl groups is 1. The molecule has 0 aliphatic carbocycles. The number of nitrogens with zero attached hydrogens (tertiary/aromatic N) is 2. The second-order valence-corrected chi connectivity index (χ2v) is 8.34. The number of carbonyl (C=O) groups is 2. The molecule has 1 aliphatic heterocycles. The van der Waals surface area contributed by atoms with Crippen molar-refractivity contribution in [2.75, 3.05) is 55.6 Å². The molecular weight excluding hydrogens is 452 g/mol.